The Bertz CT molecular complexity index is 412. The molecular weight excluding hydrogens is 334 g/mol. The van der Waals surface area contributed by atoms with Crippen molar-refractivity contribution in [2.75, 3.05) is 6.54 Å². The molecule has 0 aliphatic heterocycles. The second-order valence-corrected chi connectivity index (χ2v) is 7.06. The molecule has 1 rings (SSSR count). The third-order valence-corrected chi connectivity index (χ3v) is 5.01. The fraction of sp³-hybridized carbons (Fsp3) is 0.714. The summed E-state index contributed by atoms with van der Waals surface area (Å²) in [5.74, 6) is 0. The summed E-state index contributed by atoms with van der Waals surface area (Å²) in [5.41, 5.74) is 1.18. The van der Waals surface area contributed by atoms with Gasteiger partial charge >= 0.3 is 0 Å². The number of hydrogen-bond donors (Lipinski definition) is 2. The first-order valence-corrected chi connectivity index (χ1v) is 9.97. The Balaban J connectivity index is 0.00000576. The summed E-state index contributed by atoms with van der Waals surface area (Å²) in [7, 11) is 0. The van der Waals surface area contributed by atoms with Crippen LogP contribution in [0.4, 0.5) is 0 Å². The van der Waals surface area contributed by atoms with E-state index in [1.807, 2.05) is 25.1 Å². The summed E-state index contributed by atoms with van der Waals surface area (Å²) in [6.45, 7) is 4.41. The Hall–Kier alpha value is -0.610. The van der Waals surface area contributed by atoms with Crippen molar-refractivity contribution >= 4 is 0 Å². The maximum atomic E-state index is 10.3. The number of likely N-dealkylation sites (N-methyl/N-ethyl adjacent to an activating group) is 1. The van der Waals surface area contributed by atoms with Gasteiger partial charge in [0.2, 0.25) is 0 Å². The number of hydrogen-bond acceptors (Lipinski definition) is 2. The molecule has 25 heavy (non-hydrogen) atoms. The van der Waals surface area contributed by atoms with E-state index in [4.69, 9.17) is 0 Å². The predicted molar refractivity (Wildman–Crippen MR) is 100 cm³/mol. The Kier molecular flexibility index (Phi) is 14.2. The standard InChI is InChI=1S/C21H38NO2.ClH/c1-3-5-6-7-8-9-10-11-15-18-21(22(23,24)4-2)19-20-16-13-12-14-17-20;/h12-14,16-17,21,23-24H,3-11,15,18-19H2,1-2H3;1H/q+1;/p-1. The first-order valence-electron chi connectivity index (χ1n) is 9.97. The average Bonchev–Trinajstić information content (AvgIpc) is 2.60. The topological polar surface area (TPSA) is 40.5 Å². The number of quaternary nitrogens is 1. The lowest BCUT2D eigenvalue weighted by molar-refractivity contribution is -1.26. The van der Waals surface area contributed by atoms with Crippen molar-refractivity contribution in [2.45, 2.75) is 90.5 Å². The molecule has 0 aliphatic carbocycles. The van der Waals surface area contributed by atoms with Crippen LogP contribution >= 0.6 is 0 Å². The highest BCUT2D eigenvalue weighted by Gasteiger charge is 2.33. The van der Waals surface area contributed by atoms with Gasteiger partial charge in [0.05, 0.1) is 0 Å². The first kappa shape index (κ1) is 24.4. The lowest BCUT2D eigenvalue weighted by Gasteiger charge is -2.29. The molecule has 0 bridgehead atoms. The fourth-order valence-corrected chi connectivity index (χ4v) is 3.29. The van der Waals surface area contributed by atoms with Crippen molar-refractivity contribution in [1.29, 1.82) is 0 Å². The summed E-state index contributed by atoms with van der Waals surface area (Å²) in [6, 6.07) is 10.0. The van der Waals surface area contributed by atoms with Crippen LogP contribution in [0.15, 0.2) is 30.3 Å². The van der Waals surface area contributed by atoms with Gasteiger partial charge in [-0.25, -0.2) is 0 Å². The Morgan fingerprint density at radius 2 is 1.32 bits per heavy atom. The van der Waals surface area contributed by atoms with Crippen molar-refractivity contribution < 1.29 is 27.6 Å². The third-order valence-electron chi connectivity index (χ3n) is 5.01. The predicted octanol–water partition coefficient (Wildman–Crippen LogP) is 3.14. The minimum Gasteiger partial charge on any atom is -1.00 e. The van der Waals surface area contributed by atoms with Crippen LogP contribution in [0.3, 0.4) is 0 Å². The van der Waals surface area contributed by atoms with Crippen molar-refractivity contribution in [1.82, 2.24) is 0 Å². The smallest absolute Gasteiger partial charge is 0.156 e. The maximum Gasteiger partial charge on any atom is 0.156 e. The van der Waals surface area contributed by atoms with E-state index in [-0.39, 0.29) is 18.4 Å². The molecule has 0 saturated carbocycles. The average molecular weight is 372 g/mol. The van der Waals surface area contributed by atoms with E-state index in [0.717, 1.165) is 19.3 Å². The SMILES string of the molecule is CCCCCCCCCCCC(Cc1ccccc1)[N+](O)(O)CC.[Cl-]. The third kappa shape index (κ3) is 10.9. The molecule has 0 heterocycles. The molecule has 0 fully saturated rings. The largest absolute Gasteiger partial charge is 1.00 e. The zero-order chi connectivity index (χ0) is 17.7. The van der Waals surface area contributed by atoms with E-state index in [9.17, 15) is 10.4 Å². The number of hydroxylamine groups is 4. The molecule has 0 aromatic heterocycles. The highest BCUT2D eigenvalue weighted by Crippen LogP contribution is 2.20. The molecule has 146 valence electrons. The van der Waals surface area contributed by atoms with Gasteiger partial charge in [-0.2, -0.15) is 10.4 Å². The van der Waals surface area contributed by atoms with Crippen LogP contribution in [0.25, 0.3) is 0 Å². The van der Waals surface area contributed by atoms with Crippen LogP contribution in [0.1, 0.15) is 83.6 Å². The number of nitrogens with zero attached hydrogens (tertiary/aromatic N) is 1. The highest BCUT2D eigenvalue weighted by molar-refractivity contribution is 5.15. The summed E-state index contributed by atoms with van der Waals surface area (Å²) in [4.78, 5) is -0.855. The Morgan fingerprint density at radius 3 is 1.84 bits per heavy atom. The van der Waals surface area contributed by atoms with E-state index < -0.39 is 4.81 Å². The van der Waals surface area contributed by atoms with Gasteiger partial charge in [0, 0.05) is 12.8 Å². The molecular formula is C21H38ClNO2. The molecule has 0 radical (unpaired) electrons. The molecule has 0 amide bonds. The van der Waals surface area contributed by atoms with Crippen molar-refractivity contribution in [3.05, 3.63) is 35.9 Å². The monoisotopic (exact) mass is 371 g/mol. The lowest BCUT2D eigenvalue weighted by Crippen LogP contribution is -3.00. The van der Waals surface area contributed by atoms with Gasteiger partial charge in [-0.15, -0.1) is 0 Å². The Labute approximate surface area is 161 Å². The highest BCUT2D eigenvalue weighted by atomic mass is 35.5. The van der Waals surface area contributed by atoms with Gasteiger partial charge in [-0.1, -0.05) is 88.6 Å². The van der Waals surface area contributed by atoms with E-state index in [1.54, 1.807) is 0 Å². The zero-order valence-electron chi connectivity index (χ0n) is 16.2. The molecule has 0 spiro atoms. The lowest BCUT2D eigenvalue weighted by atomic mass is 9.98. The summed E-state index contributed by atoms with van der Waals surface area (Å²) < 4.78 is 0. The number of halogens is 1. The number of unbranched alkanes of at least 4 members (excludes halogenated alkanes) is 8. The second kappa shape index (κ2) is 14.5. The van der Waals surface area contributed by atoms with Crippen LogP contribution in [0.5, 0.6) is 0 Å². The summed E-state index contributed by atoms with van der Waals surface area (Å²) >= 11 is 0. The van der Waals surface area contributed by atoms with Gasteiger partial charge in [-0.3, -0.25) is 0 Å². The molecule has 0 aliphatic rings. The van der Waals surface area contributed by atoms with Gasteiger partial charge in [0.1, 0.15) is 6.54 Å². The summed E-state index contributed by atoms with van der Waals surface area (Å²) in [6.07, 6.45) is 13.2. The molecule has 1 aromatic carbocycles. The van der Waals surface area contributed by atoms with Crippen LogP contribution in [-0.2, 0) is 6.42 Å². The molecule has 2 N–H and O–H groups in total. The number of benzene rings is 1. The Morgan fingerprint density at radius 1 is 0.800 bits per heavy atom. The van der Waals surface area contributed by atoms with Crippen molar-refractivity contribution in [3.63, 3.8) is 0 Å². The molecule has 1 atom stereocenters. The second-order valence-electron chi connectivity index (χ2n) is 7.06. The van der Waals surface area contributed by atoms with E-state index in [0.29, 0.717) is 6.54 Å². The molecule has 3 nitrogen and oxygen atoms in total. The van der Waals surface area contributed by atoms with Gasteiger partial charge in [0.15, 0.2) is 6.04 Å². The first-order chi connectivity index (χ1) is 11.6. The van der Waals surface area contributed by atoms with Gasteiger partial charge in [-0.05, 0) is 23.7 Å². The van der Waals surface area contributed by atoms with Gasteiger partial charge in [0.25, 0.3) is 0 Å². The van der Waals surface area contributed by atoms with E-state index >= 15 is 0 Å². The molecule has 4 heteroatoms. The van der Waals surface area contributed by atoms with Crippen LogP contribution in [0.2, 0.25) is 0 Å². The van der Waals surface area contributed by atoms with Crippen LogP contribution in [-0.4, -0.2) is 27.8 Å². The quantitative estimate of drug-likeness (QED) is 0.299. The maximum absolute atomic E-state index is 10.3. The minimum absolute atomic E-state index is 0. The number of rotatable bonds is 14. The van der Waals surface area contributed by atoms with E-state index in [1.165, 1.54) is 56.9 Å². The van der Waals surface area contributed by atoms with Crippen molar-refractivity contribution in [2.24, 2.45) is 0 Å². The zero-order valence-corrected chi connectivity index (χ0v) is 16.9. The normalized spacial score (nSPS) is 12.6. The molecule has 0 saturated heterocycles. The molecule has 1 aromatic rings. The minimum atomic E-state index is -0.855. The fourth-order valence-electron chi connectivity index (χ4n) is 3.29. The van der Waals surface area contributed by atoms with E-state index in [2.05, 4.69) is 19.1 Å². The molecule has 1 unspecified atom stereocenters. The summed E-state index contributed by atoms with van der Waals surface area (Å²) in [5, 5.41) is 20.5. The van der Waals surface area contributed by atoms with Gasteiger partial charge < -0.3 is 12.4 Å². The van der Waals surface area contributed by atoms with Crippen molar-refractivity contribution in [3.8, 4) is 0 Å². The van der Waals surface area contributed by atoms with Crippen LogP contribution < -0.4 is 12.4 Å². The van der Waals surface area contributed by atoms with Crippen LogP contribution in [0, 0.1) is 0 Å².